The molecule has 0 N–H and O–H groups in total. The molecule has 4 heteroatoms. The summed E-state index contributed by atoms with van der Waals surface area (Å²) in [5.74, 6) is 1.63. The summed E-state index contributed by atoms with van der Waals surface area (Å²) in [6.07, 6.45) is 2.11. The number of likely N-dealkylation sites (tertiary alicyclic amines) is 1. The van der Waals surface area contributed by atoms with Gasteiger partial charge in [-0.15, -0.1) is 0 Å². The first-order valence-electron chi connectivity index (χ1n) is 7.51. The maximum absolute atomic E-state index is 12.3. The predicted octanol–water partition coefficient (Wildman–Crippen LogP) is 2.99. The standard InChI is InChI=1S/C17H21NO3/c1-3-20-13(2)18-10-8-17(9-11-18)12-15(19)14-6-4-5-7-16(14)21-17/h4-7H,2-3,8-12H2,1H3. The van der Waals surface area contributed by atoms with Crippen molar-refractivity contribution in [1.29, 1.82) is 0 Å². The highest BCUT2D eigenvalue weighted by Gasteiger charge is 2.43. The molecule has 0 radical (unpaired) electrons. The van der Waals surface area contributed by atoms with Gasteiger partial charge in [0.15, 0.2) is 11.7 Å². The van der Waals surface area contributed by atoms with Crippen LogP contribution in [-0.4, -0.2) is 36.0 Å². The molecule has 112 valence electrons. The van der Waals surface area contributed by atoms with Crippen molar-refractivity contribution < 1.29 is 14.3 Å². The maximum atomic E-state index is 12.3. The lowest BCUT2D eigenvalue weighted by molar-refractivity contribution is -0.0161. The van der Waals surface area contributed by atoms with E-state index >= 15 is 0 Å². The second-order valence-electron chi connectivity index (χ2n) is 5.69. The lowest BCUT2D eigenvalue weighted by Gasteiger charge is -2.44. The van der Waals surface area contributed by atoms with E-state index < -0.39 is 0 Å². The van der Waals surface area contributed by atoms with Crippen molar-refractivity contribution in [1.82, 2.24) is 4.90 Å². The third-order valence-electron chi connectivity index (χ3n) is 4.33. The second kappa shape index (κ2) is 5.43. The van der Waals surface area contributed by atoms with Crippen LogP contribution in [0.4, 0.5) is 0 Å². The lowest BCUT2D eigenvalue weighted by Crippen LogP contribution is -2.50. The summed E-state index contributed by atoms with van der Waals surface area (Å²) in [4.78, 5) is 14.5. The first kappa shape index (κ1) is 14.0. The van der Waals surface area contributed by atoms with Gasteiger partial charge >= 0.3 is 0 Å². The van der Waals surface area contributed by atoms with Crippen molar-refractivity contribution in [2.45, 2.75) is 31.8 Å². The molecule has 0 amide bonds. The molecule has 2 heterocycles. The largest absolute Gasteiger partial charge is 0.486 e. The van der Waals surface area contributed by atoms with Gasteiger partial charge in [0.05, 0.1) is 18.6 Å². The topological polar surface area (TPSA) is 38.8 Å². The van der Waals surface area contributed by atoms with Gasteiger partial charge < -0.3 is 14.4 Å². The Hall–Kier alpha value is -1.97. The zero-order chi connectivity index (χ0) is 14.9. The fourth-order valence-corrected chi connectivity index (χ4v) is 3.14. The van der Waals surface area contributed by atoms with Crippen molar-refractivity contribution in [3.8, 4) is 5.75 Å². The molecule has 1 spiro atoms. The summed E-state index contributed by atoms with van der Waals surface area (Å²) in [6, 6.07) is 7.53. The average molecular weight is 287 g/mol. The number of rotatable bonds is 3. The van der Waals surface area contributed by atoms with Crippen LogP contribution in [0.15, 0.2) is 36.7 Å². The minimum Gasteiger partial charge on any atom is -0.486 e. The lowest BCUT2D eigenvalue weighted by atomic mass is 9.82. The second-order valence-corrected chi connectivity index (χ2v) is 5.69. The number of fused-ring (bicyclic) bond motifs is 1. The van der Waals surface area contributed by atoms with Crippen LogP contribution in [0.1, 0.15) is 36.5 Å². The fraction of sp³-hybridized carbons (Fsp3) is 0.471. The number of para-hydroxylation sites is 1. The number of hydrogen-bond acceptors (Lipinski definition) is 4. The quantitative estimate of drug-likeness (QED) is 0.801. The molecule has 3 rings (SSSR count). The third-order valence-corrected chi connectivity index (χ3v) is 4.33. The smallest absolute Gasteiger partial charge is 0.181 e. The van der Waals surface area contributed by atoms with Gasteiger partial charge in [0.2, 0.25) is 0 Å². The molecule has 1 fully saturated rings. The summed E-state index contributed by atoms with van der Waals surface area (Å²) >= 11 is 0. The molecule has 0 atom stereocenters. The van der Waals surface area contributed by atoms with E-state index in [1.807, 2.05) is 31.2 Å². The minimum atomic E-state index is -0.353. The van der Waals surface area contributed by atoms with Gasteiger partial charge in [-0.25, -0.2) is 0 Å². The summed E-state index contributed by atoms with van der Waals surface area (Å²) in [5.41, 5.74) is 0.360. The zero-order valence-electron chi connectivity index (χ0n) is 12.4. The Labute approximate surface area is 125 Å². The number of carbonyl (C=O) groups is 1. The molecular weight excluding hydrogens is 266 g/mol. The number of hydrogen-bond donors (Lipinski definition) is 0. The first-order chi connectivity index (χ1) is 10.1. The Balaban J connectivity index is 1.72. The van der Waals surface area contributed by atoms with E-state index in [1.54, 1.807) is 0 Å². The fourth-order valence-electron chi connectivity index (χ4n) is 3.14. The van der Waals surface area contributed by atoms with Crippen molar-refractivity contribution in [3.05, 3.63) is 42.3 Å². The minimum absolute atomic E-state index is 0.189. The molecule has 1 saturated heterocycles. The Morgan fingerprint density at radius 1 is 1.38 bits per heavy atom. The van der Waals surface area contributed by atoms with E-state index in [4.69, 9.17) is 9.47 Å². The zero-order valence-corrected chi connectivity index (χ0v) is 12.4. The molecule has 1 aromatic carbocycles. The van der Waals surface area contributed by atoms with Crippen LogP contribution in [0.2, 0.25) is 0 Å². The summed E-state index contributed by atoms with van der Waals surface area (Å²) in [5, 5.41) is 0. The number of carbonyl (C=O) groups excluding carboxylic acids is 1. The summed E-state index contributed by atoms with van der Waals surface area (Å²) < 4.78 is 11.7. The van der Waals surface area contributed by atoms with E-state index in [2.05, 4.69) is 11.5 Å². The van der Waals surface area contributed by atoms with Gasteiger partial charge in [-0.1, -0.05) is 12.1 Å². The normalized spacial score (nSPS) is 19.9. The Morgan fingerprint density at radius 3 is 2.81 bits per heavy atom. The Morgan fingerprint density at radius 2 is 2.10 bits per heavy atom. The molecule has 2 aliphatic heterocycles. The Kier molecular flexibility index (Phi) is 3.62. The van der Waals surface area contributed by atoms with Crippen molar-refractivity contribution in [2.75, 3.05) is 19.7 Å². The number of benzene rings is 1. The van der Waals surface area contributed by atoms with Crippen molar-refractivity contribution in [2.24, 2.45) is 0 Å². The van der Waals surface area contributed by atoms with Crippen LogP contribution in [0.3, 0.4) is 0 Å². The molecule has 0 unspecified atom stereocenters. The number of ketones is 1. The van der Waals surface area contributed by atoms with E-state index in [-0.39, 0.29) is 11.4 Å². The highest BCUT2D eigenvalue weighted by molar-refractivity contribution is 6.00. The molecule has 4 nitrogen and oxygen atoms in total. The number of Topliss-reactive ketones (excluding diaryl/α,β-unsaturated/α-hetero) is 1. The molecule has 21 heavy (non-hydrogen) atoms. The molecule has 1 aromatic rings. The average Bonchev–Trinajstić information content (AvgIpc) is 2.48. The van der Waals surface area contributed by atoms with E-state index in [9.17, 15) is 4.79 Å². The molecule has 0 bridgehead atoms. The van der Waals surface area contributed by atoms with Gasteiger partial charge in [0.25, 0.3) is 0 Å². The Bertz CT molecular complexity index is 559. The molecule has 0 aliphatic carbocycles. The third kappa shape index (κ3) is 2.62. The monoisotopic (exact) mass is 287 g/mol. The van der Waals surface area contributed by atoms with Crippen LogP contribution < -0.4 is 4.74 Å². The van der Waals surface area contributed by atoms with Crippen LogP contribution in [0.25, 0.3) is 0 Å². The van der Waals surface area contributed by atoms with Crippen LogP contribution in [-0.2, 0) is 4.74 Å². The van der Waals surface area contributed by atoms with Gasteiger partial charge in [-0.2, -0.15) is 0 Å². The number of piperidine rings is 1. The van der Waals surface area contributed by atoms with Crippen LogP contribution in [0, 0.1) is 0 Å². The van der Waals surface area contributed by atoms with Gasteiger partial charge in [0.1, 0.15) is 11.4 Å². The highest BCUT2D eigenvalue weighted by Crippen LogP contribution is 2.39. The highest BCUT2D eigenvalue weighted by atomic mass is 16.5. The van der Waals surface area contributed by atoms with Crippen molar-refractivity contribution >= 4 is 5.78 Å². The van der Waals surface area contributed by atoms with Crippen LogP contribution >= 0.6 is 0 Å². The molecule has 0 saturated carbocycles. The SMILES string of the molecule is C=C(OCC)N1CCC2(CC1)CC(=O)c1ccccc1O2. The molecular formula is C17H21NO3. The molecule has 0 aromatic heterocycles. The maximum Gasteiger partial charge on any atom is 0.181 e. The van der Waals surface area contributed by atoms with Crippen molar-refractivity contribution in [3.63, 3.8) is 0 Å². The number of nitrogens with zero attached hydrogens (tertiary/aromatic N) is 1. The van der Waals surface area contributed by atoms with Gasteiger partial charge in [-0.05, 0) is 25.6 Å². The first-order valence-corrected chi connectivity index (χ1v) is 7.51. The van der Waals surface area contributed by atoms with Gasteiger partial charge in [-0.3, -0.25) is 4.79 Å². The van der Waals surface area contributed by atoms with E-state index in [0.29, 0.717) is 18.6 Å². The molecule has 2 aliphatic rings. The van der Waals surface area contributed by atoms with Gasteiger partial charge in [0, 0.05) is 25.9 Å². The van der Waals surface area contributed by atoms with Crippen LogP contribution in [0.5, 0.6) is 5.75 Å². The summed E-state index contributed by atoms with van der Waals surface area (Å²) in [6.45, 7) is 8.16. The summed E-state index contributed by atoms with van der Waals surface area (Å²) in [7, 11) is 0. The van der Waals surface area contributed by atoms with E-state index in [0.717, 1.165) is 37.6 Å². The van der Waals surface area contributed by atoms with E-state index in [1.165, 1.54) is 0 Å². The number of ether oxygens (including phenoxy) is 2. The predicted molar refractivity (Wildman–Crippen MR) is 80.3 cm³/mol.